The first-order chi connectivity index (χ1) is 18.4. The molecule has 0 aliphatic carbocycles. The van der Waals surface area contributed by atoms with Crippen molar-refractivity contribution in [3.63, 3.8) is 0 Å². The first-order valence-electron chi connectivity index (χ1n) is 12.7. The lowest BCUT2D eigenvalue weighted by molar-refractivity contribution is -0.148. The number of benzene rings is 2. The minimum Gasteiger partial charge on any atom is -0.464 e. The average molecular weight is 525 g/mol. The number of nitrogens with one attached hydrogen (secondary N) is 2. The highest BCUT2D eigenvalue weighted by atomic mass is 19.1. The van der Waals surface area contributed by atoms with Gasteiger partial charge in [-0.25, -0.2) is 4.39 Å². The Labute approximate surface area is 223 Å². The van der Waals surface area contributed by atoms with Crippen molar-refractivity contribution in [1.29, 1.82) is 0 Å². The summed E-state index contributed by atoms with van der Waals surface area (Å²) in [6.45, 7) is 7.19. The molecule has 0 saturated carbocycles. The molecule has 2 aromatic carbocycles. The summed E-state index contributed by atoms with van der Waals surface area (Å²) in [6, 6.07) is 15.0. The van der Waals surface area contributed by atoms with Crippen molar-refractivity contribution in [3.8, 4) is 0 Å². The van der Waals surface area contributed by atoms with Gasteiger partial charge in [0.05, 0.1) is 31.0 Å². The van der Waals surface area contributed by atoms with Gasteiger partial charge in [0, 0.05) is 6.42 Å². The van der Waals surface area contributed by atoms with E-state index in [1.807, 2.05) is 30.3 Å². The van der Waals surface area contributed by atoms with Crippen LogP contribution in [-0.4, -0.2) is 48.7 Å². The van der Waals surface area contributed by atoms with Gasteiger partial charge < -0.3 is 20.5 Å². The van der Waals surface area contributed by atoms with E-state index in [2.05, 4.69) is 23.8 Å². The molecular formula is C30H37FN2O5. The molecule has 0 aliphatic rings. The van der Waals surface area contributed by atoms with E-state index in [4.69, 9.17) is 4.74 Å². The molecule has 2 aromatic rings. The van der Waals surface area contributed by atoms with E-state index in [-0.39, 0.29) is 43.8 Å². The molecule has 8 heteroatoms. The van der Waals surface area contributed by atoms with Crippen molar-refractivity contribution in [2.24, 2.45) is 11.8 Å². The zero-order chi connectivity index (χ0) is 27.8. The van der Waals surface area contributed by atoms with Crippen LogP contribution in [0.3, 0.4) is 0 Å². The first-order valence-corrected chi connectivity index (χ1v) is 12.7. The van der Waals surface area contributed by atoms with E-state index < -0.39 is 23.8 Å². The highest BCUT2D eigenvalue weighted by Gasteiger charge is 2.23. The smallest absolute Gasteiger partial charge is 0.309 e. The van der Waals surface area contributed by atoms with Gasteiger partial charge in [0.1, 0.15) is 12.4 Å². The Hall–Kier alpha value is -3.78. The van der Waals surface area contributed by atoms with Gasteiger partial charge in [-0.2, -0.15) is 0 Å². The van der Waals surface area contributed by atoms with Crippen molar-refractivity contribution in [2.75, 3.05) is 19.8 Å². The van der Waals surface area contributed by atoms with Gasteiger partial charge in [-0.1, -0.05) is 54.6 Å². The second-order valence-corrected chi connectivity index (χ2v) is 9.07. The van der Waals surface area contributed by atoms with Gasteiger partial charge in [-0.05, 0) is 48.9 Å². The summed E-state index contributed by atoms with van der Waals surface area (Å²) in [6.07, 6.45) is 4.68. The Morgan fingerprint density at radius 2 is 1.55 bits per heavy atom. The van der Waals surface area contributed by atoms with Gasteiger partial charge in [-0.15, -0.1) is 13.2 Å². The summed E-state index contributed by atoms with van der Waals surface area (Å²) in [5.41, 5.74) is 1.79. The number of aliphatic hydroxyl groups is 1. The first kappa shape index (κ1) is 30.4. The van der Waals surface area contributed by atoms with E-state index >= 15 is 0 Å². The van der Waals surface area contributed by atoms with E-state index in [1.54, 1.807) is 24.3 Å². The minimum absolute atomic E-state index is 0.0295. The molecule has 0 fully saturated rings. The van der Waals surface area contributed by atoms with Gasteiger partial charge in [0.25, 0.3) is 0 Å². The predicted molar refractivity (Wildman–Crippen MR) is 144 cm³/mol. The summed E-state index contributed by atoms with van der Waals surface area (Å²) in [5.74, 6) is -2.60. The van der Waals surface area contributed by atoms with Gasteiger partial charge >= 0.3 is 5.97 Å². The van der Waals surface area contributed by atoms with Crippen LogP contribution in [0.2, 0.25) is 0 Å². The highest BCUT2D eigenvalue weighted by molar-refractivity contribution is 5.86. The number of aliphatic hydroxyl groups excluding tert-OH is 1. The number of hydrogen-bond donors (Lipinski definition) is 3. The predicted octanol–water partition coefficient (Wildman–Crippen LogP) is 3.52. The maximum Gasteiger partial charge on any atom is 0.309 e. The molecule has 204 valence electrons. The molecule has 0 spiro atoms. The highest BCUT2D eigenvalue weighted by Crippen LogP contribution is 2.16. The lowest BCUT2D eigenvalue weighted by atomic mass is 9.96. The summed E-state index contributed by atoms with van der Waals surface area (Å²) in [7, 11) is 0. The van der Waals surface area contributed by atoms with Crippen LogP contribution in [0.5, 0.6) is 0 Å². The second-order valence-electron chi connectivity index (χ2n) is 9.07. The van der Waals surface area contributed by atoms with Crippen molar-refractivity contribution in [3.05, 3.63) is 96.9 Å². The molecule has 0 heterocycles. The summed E-state index contributed by atoms with van der Waals surface area (Å²) in [5, 5.41) is 15.2. The third-order valence-electron chi connectivity index (χ3n) is 5.99. The number of carbonyl (C=O) groups excluding carboxylic acids is 3. The molecule has 0 aliphatic heterocycles. The second kappa shape index (κ2) is 16.9. The van der Waals surface area contributed by atoms with Crippen molar-refractivity contribution >= 4 is 17.8 Å². The topological polar surface area (TPSA) is 105 Å². The normalized spacial score (nSPS) is 13.0. The molecular weight excluding hydrogens is 487 g/mol. The minimum atomic E-state index is -0.647. The largest absolute Gasteiger partial charge is 0.464 e. The number of amides is 2. The van der Waals surface area contributed by atoms with Crippen molar-refractivity contribution in [2.45, 2.75) is 38.1 Å². The molecule has 7 nitrogen and oxygen atoms in total. The number of hydrogen-bond acceptors (Lipinski definition) is 5. The maximum atomic E-state index is 13.1. The number of carbonyl (C=O) groups is 3. The molecule has 0 aromatic heterocycles. The van der Waals surface area contributed by atoms with Crippen LogP contribution in [0.15, 0.2) is 79.9 Å². The average Bonchev–Trinajstić information content (AvgIpc) is 2.91. The lowest BCUT2D eigenvalue weighted by Crippen LogP contribution is -2.42. The molecule has 3 atom stereocenters. The lowest BCUT2D eigenvalue weighted by Gasteiger charge is -2.19. The zero-order valence-corrected chi connectivity index (χ0v) is 21.6. The Morgan fingerprint density at radius 1 is 0.921 bits per heavy atom. The van der Waals surface area contributed by atoms with Crippen LogP contribution in [0.1, 0.15) is 30.4 Å². The maximum absolute atomic E-state index is 13.1. The number of rotatable bonds is 17. The van der Waals surface area contributed by atoms with Crippen LogP contribution >= 0.6 is 0 Å². The van der Waals surface area contributed by atoms with Crippen LogP contribution in [0, 0.1) is 17.7 Å². The summed E-state index contributed by atoms with van der Waals surface area (Å²) >= 11 is 0. The quantitative estimate of drug-likeness (QED) is 0.167. The van der Waals surface area contributed by atoms with E-state index in [9.17, 15) is 23.9 Å². The van der Waals surface area contributed by atoms with E-state index in [0.717, 1.165) is 11.1 Å². The van der Waals surface area contributed by atoms with Crippen molar-refractivity contribution < 1.29 is 28.6 Å². The Morgan fingerprint density at radius 3 is 2.18 bits per heavy atom. The molecule has 0 saturated heterocycles. The Balaban J connectivity index is 1.80. The zero-order valence-electron chi connectivity index (χ0n) is 21.6. The SMILES string of the molecule is C=CC[C@@H](CC(=O)N[C@@H](CO)Cc1ccccc1)C(=O)NCCOC(=O)[C@@H](CC=C)Cc1ccc(F)cc1. The molecule has 0 unspecified atom stereocenters. The molecule has 0 radical (unpaired) electrons. The fraction of sp³-hybridized carbons (Fsp3) is 0.367. The third kappa shape index (κ3) is 11.1. The van der Waals surface area contributed by atoms with Crippen LogP contribution in [0.4, 0.5) is 4.39 Å². The molecule has 2 amide bonds. The van der Waals surface area contributed by atoms with Gasteiger partial charge in [-0.3, -0.25) is 14.4 Å². The number of halogens is 1. The van der Waals surface area contributed by atoms with E-state index in [1.165, 1.54) is 12.1 Å². The number of allylic oxidation sites excluding steroid dienone is 2. The van der Waals surface area contributed by atoms with Crippen LogP contribution in [-0.2, 0) is 32.0 Å². The molecule has 38 heavy (non-hydrogen) atoms. The number of ether oxygens (including phenoxy) is 1. The molecule has 3 N–H and O–H groups in total. The Bertz CT molecular complexity index is 1040. The molecule has 2 rings (SSSR count). The number of esters is 1. The van der Waals surface area contributed by atoms with E-state index in [0.29, 0.717) is 25.7 Å². The third-order valence-corrected chi connectivity index (χ3v) is 5.99. The van der Waals surface area contributed by atoms with Crippen LogP contribution in [0.25, 0.3) is 0 Å². The summed E-state index contributed by atoms with van der Waals surface area (Å²) in [4.78, 5) is 37.8. The monoisotopic (exact) mass is 524 g/mol. The van der Waals surface area contributed by atoms with Gasteiger partial charge in [0.15, 0.2) is 0 Å². The van der Waals surface area contributed by atoms with Crippen LogP contribution < -0.4 is 10.6 Å². The fourth-order valence-electron chi connectivity index (χ4n) is 4.01. The van der Waals surface area contributed by atoms with Gasteiger partial charge in [0.2, 0.25) is 11.8 Å². The van der Waals surface area contributed by atoms with Crippen molar-refractivity contribution in [1.82, 2.24) is 10.6 Å². The fourth-order valence-corrected chi connectivity index (χ4v) is 4.01. The molecule has 0 bridgehead atoms. The standard InChI is InChI=1S/C30H37FN2O5/c1-3-8-24(20-28(35)33-27(21-34)19-22-10-6-5-7-11-22)29(36)32-16-17-38-30(37)25(9-4-2)18-23-12-14-26(31)15-13-23/h3-7,10-15,24-25,27,34H,1-2,8-9,16-21H2,(H,32,36)(H,33,35)/t24-,25-,27+/m0/s1. The summed E-state index contributed by atoms with van der Waals surface area (Å²) < 4.78 is 18.5. The Kier molecular flexibility index (Phi) is 13.5.